The molecule has 0 spiro atoms. The SMILES string of the molecule is CCOC(=O)CC(C)S(=O)(=O)Cc1ccc(Cl)cc1. The monoisotopic (exact) mass is 304 g/mol. The van der Waals surface area contributed by atoms with Crippen molar-refractivity contribution >= 4 is 27.4 Å². The molecule has 1 rings (SSSR count). The first-order valence-electron chi connectivity index (χ1n) is 5.96. The molecule has 0 radical (unpaired) electrons. The Morgan fingerprint density at radius 2 is 1.89 bits per heavy atom. The van der Waals surface area contributed by atoms with Gasteiger partial charge in [-0.1, -0.05) is 23.7 Å². The molecular weight excluding hydrogens is 288 g/mol. The first-order chi connectivity index (χ1) is 8.85. The van der Waals surface area contributed by atoms with Gasteiger partial charge in [0.1, 0.15) is 0 Å². The van der Waals surface area contributed by atoms with Gasteiger partial charge in [-0.25, -0.2) is 8.42 Å². The van der Waals surface area contributed by atoms with Crippen molar-refractivity contribution < 1.29 is 17.9 Å². The van der Waals surface area contributed by atoms with E-state index in [9.17, 15) is 13.2 Å². The number of ether oxygens (including phenoxy) is 1. The Kier molecular flexibility index (Phi) is 5.82. The summed E-state index contributed by atoms with van der Waals surface area (Å²) in [5.74, 6) is -0.597. The molecule has 106 valence electrons. The molecule has 0 aliphatic carbocycles. The molecule has 1 atom stereocenters. The summed E-state index contributed by atoms with van der Waals surface area (Å²) in [6, 6.07) is 6.61. The van der Waals surface area contributed by atoms with Crippen molar-refractivity contribution in [3.05, 3.63) is 34.9 Å². The van der Waals surface area contributed by atoms with E-state index in [1.807, 2.05) is 0 Å². The molecule has 4 nitrogen and oxygen atoms in total. The van der Waals surface area contributed by atoms with Gasteiger partial charge in [0.2, 0.25) is 0 Å². The van der Waals surface area contributed by atoms with Crippen LogP contribution in [0.4, 0.5) is 0 Å². The maximum atomic E-state index is 12.1. The van der Waals surface area contributed by atoms with E-state index in [0.717, 1.165) is 0 Å². The molecule has 0 saturated carbocycles. The van der Waals surface area contributed by atoms with Crippen molar-refractivity contribution in [1.82, 2.24) is 0 Å². The predicted octanol–water partition coefficient (Wildman–Crippen LogP) is 2.60. The second-order valence-electron chi connectivity index (χ2n) is 4.25. The molecule has 0 amide bonds. The Bertz CT molecular complexity index is 522. The van der Waals surface area contributed by atoms with Crippen LogP contribution in [0.15, 0.2) is 24.3 Å². The van der Waals surface area contributed by atoms with E-state index in [0.29, 0.717) is 10.6 Å². The number of sulfone groups is 1. The lowest BCUT2D eigenvalue weighted by atomic mass is 10.2. The summed E-state index contributed by atoms with van der Waals surface area (Å²) in [6.45, 7) is 3.45. The minimum Gasteiger partial charge on any atom is -0.466 e. The van der Waals surface area contributed by atoms with Gasteiger partial charge in [0, 0.05) is 5.02 Å². The van der Waals surface area contributed by atoms with Crippen molar-refractivity contribution in [2.45, 2.75) is 31.3 Å². The van der Waals surface area contributed by atoms with E-state index in [1.165, 1.54) is 6.92 Å². The van der Waals surface area contributed by atoms with Crippen molar-refractivity contribution in [3.63, 3.8) is 0 Å². The number of esters is 1. The van der Waals surface area contributed by atoms with Crippen LogP contribution < -0.4 is 0 Å². The zero-order chi connectivity index (χ0) is 14.5. The van der Waals surface area contributed by atoms with Crippen LogP contribution in [0.25, 0.3) is 0 Å². The largest absolute Gasteiger partial charge is 0.466 e. The van der Waals surface area contributed by atoms with Gasteiger partial charge >= 0.3 is 5.97 Å². The number of carbonyl (C=O) groups excluding carboxylic acids is 1. The maximum absolute atomic E-state index is 12.1. The molecule has 0 aromatic heterocycles. The quantitative estimate of drug-likeness (QED) is 0.758. The van der Waals surface area contributed by atoms with Gasteiger partial charge in [0.15, 0.2) is 9.84 Å². The zero-order valence-electron chi connectivity index (χ0n) is 10.9. The summed E-state index contributed by atoms with van der Waals surface area (Å²) in [4.78, 5) is 11.3. The lowest BCUT2D eigenvalue weighted by Crippen LogP contribution is -2.24. The fraction of sp³-hybridized carbons (Fsp3) is 0.462. The Labute approximate surface area is 118 Å². The van der Waals surface area contributed by atoms with Crippen LogP contribution in [0.3, 0.4) is 0 Å². The molecule has 0 heterocycles. The Hall–Kier alpha value is -1.07. The normalized spacial score (nSPS) is 13.0. The fourth-order valence-corrected chi connectivity index (χ4v) is 2.99. The van der Waals surface area contributed by atoms with E-state index in [2.05, 4.69) is 0 Å². The average Bonchev–Trinajstić information content (AvgIpc) is 2.32. The third-order valence-electron chi connectivity index (χ3n) is 2.65. The number of halogens is 1. The van der Waals surface area contributed by atoms with Gasteiger partial charge in [0.25, 0.3) is 0 Å². The van der Waals surface area contributed by atoms with Gasteiger partial charge in [-0.05, 0) is 31.5 Å². The Morgan fingerprint density at radius 3 is 2.42 bits per heavy atom. The maximum Gasteiger partial charge on any atom is 0.307 e. The number of carbonyl (C=O) groups is 1. The number of rotatable bonds is 6. The van der Waals surface area contributed by atoms with Gasteiger partial charge in [-0.3, -0.25) is 4.79 Å². The molecule has 0 N–H and O–H groups in total. The van der Waals surface area contributed by atoms with Crippen LogP contribution in [0.1, 0.15) is 25.8 Å². The summed E-state index contributed by atoms with van der Waals surface area (Å²) >= 11 is 5.74. The third-order valence-corrected chi connectivity index (χ3v) is 5.03. The predicted molar refractivity (Wildman–Crippen MR) is 74.8 cm³/mol. The second kappa shape index (κ2) is 6.91. The van der Waals surface area contributed by atoms with Crippen molar-refractivity contribution in [3.8, 4) is 0 Å². The Morgan fingerprint density at radius 1 is 1.32 bits per heavy atom. The van der Waals surface area contributed by atoms with E-state index >= 15 is 0 Å². The summed E-state index contributed by atoms with van der Waals surface area (Å²) in [5.41, 5.74) is 0.653. The van der Waals surface area contributed by atoms with E-state index in [-0.39, 0.29) is 18.8 Å². The minimum atomic E-state index is -3.38. The van der Waals surface area contributed by atoms with E-state index < -0.39 is 21.1 Å². The van der Waals surface area contributed by atoms with Gasteiger partial charge < -0.3 is 4.74 Å². The van der Waals surface area contributed by atoms with Crippen LogP contribution in [0, 0.1) is 0 Å². The highest BCUT2D eigenvalue weighted by atomic mass is 35.5. The van der Waals surface area contributed by atoms with Crippen molar-refractivity contribution in [2.75, 3.05) is 6.61 Å². The standard InChI is InChI=1S/C13H17ClO4S/c1-3-18-13(15)8-10(2)19(16,17)9-11-4-6-12(14)7-5-11/h4-7,10H,3,8-9H2,1-2H3. The smallest absolute Gasteiger partial charge is 0.307 e. The second-order valence-corrected chi connectivity index (χ2v) is 7.11. The Balaban J connectivity index is 2.69. The highest BCUT2D eigenvalue weighted by Crippen LogP contribution is 2.16. The minimum absolute atomic E-state index is 0.106. The molecule has 0 bridgehead atoms. The number of hydrogen-bond donors (Lipinski definition) is 0. The fourth-order valence-electron chi connectivity index (χ4n) is 1.54. The number of benzene rings is 1. The summed E-state index contributed by atoms with van der Waals surface area (Å²) < 4.78 is 28.9. The molecule has 0 saturated heterocycles. The average molecular weight is 305 g/mol. The molecule has 19 heavy (non-hydrogen) atoms. The van der Waals surface area contributed by atoms with Crippen LogP contribution in [0.5, 0.6) is 0 Å². The van der Waals surface area contributed by atoms with Gasteiger partial charge in [0.05, 0.1) is 24.0 Å². The molecule has 0 aliphatic rings. The first-order valence-corrected chi connectivity index (χ1v) is 8.06. The highest BCUT2D eigenvalue weighted by molar-refractivity contribution is 7.91. The first kappa shape index (κ1) is 16.0. The summed E-state index contributed by atoms with van der Waals surface area (Å²) in [6.07, 6.45) is -0.121. The zero-order valence-corrected chi connectivity index (χ0v) is 12.5. The van der Waals surface area contributed by atoms with E-state index in [4.69, 9.17) is 16.3 Å². The lowest BCUT2D eigenvalue weighted by Gasteiger charge is -2.12. The molecule has 1 unspecified atom stereocenters. The van der Waals surface area contributed by atoms with Crippen LogP contribution in [-0.2, 0) is 25.1 Å². The van der Waals surface area contributed by atoms with Gasteiger partial charge in [-0.2, -0.15) is 0 Å². The molecule has 6 heteroatoms. The molecular formula is C13H17ClO4S. The molecule has 1 aromatic rings. The topological polar surface area (TPSA) is 60.4 Å². The van der Waals surface area contributed by atoms with E-state index in [1.54, 1.807) is 31.2 Å². The summed E-state index contributed by atoms with van der Waals surface area (Å²) in [5, 5.41) is -0.206. The molecule has 0 fully saturated rings. The summed E-state index contributed by atoms with van der Waals surface area (Å²) in [7, 11) is -3.38. The molecule has 0 aliphatic heterocycles. The number of hydrogen-bond acceptors (Lipinski definition) is 4. The van der Waals surface area contributed by atoms with Crippen molar-refractivity contribution in [2.24, 2.45) is 0 Å². The van der Waals surface area contributed by atoms with Crippen LogP contribution in [0.2, 0.25) is 5.02 Å². The molecule has 1 aromatic carbocycles. The highest BCUT2D eigenvalue weighted by Gasteiger charge is 2.24. The third kappa shape index (κ3) is 5.20. The van der Waals surface area contributed by atoms with Crippen LogP contribution in [-0.4, -0.2) is 26.2 Å². The lowest BCUT2D eigenvalue weighted by molar-refractivity contribution is -0.143. The van der Waals surface area contributed by atoms with Crippen molar-refractivity contribution in [1.29, 1.82) is 0 Å². The van der Waals surface area contributed by atoms with Gasteiger partial charge in [-0.15, -0.1) is 0 Å². The van der Waals surface area contributed by atoms with Crippen LogP contribution >= 0.6 is 11.6 Å².